The number of oxazole rings is 1. The summed E-state index contributed by atoms with van der Waals surface area (Å²) in [5, 5.41) is 11.6. The second-order valence-corrected chi connectivity index (χ2v) is 7.10. The fourth-order valence-electron chi connectivity index (χ4n) is 3.24. The molecular weight excluding hydrogens is 328 g/mol. The first kappa shape index (κ1) is 16.7. The number of aliphatic carboxylic acids is 1. The molecule has 0 aromatic carbocycles. The summed E-state index contributed by atoms with van der Waals surface area (Å²) in [6, 6.07) is 3.80. The number of aromatic nitrogens is 1. The Labute approximate surface area is 144 Å². The van der Waals surface area contributed by atoms with Crippen LogP contribution in [-0.2, 0) is 16.0 Å². The van der Waals surface area contributed by atoms with Crippen molar-refractivity contribution in [3.05, 3.63) is 29.5 Å². The molecule has 2 heterocycles. The van der Waals surface area contributed by atoms with E-state index in [1.807, 2.05) is 17.5 Å². The highest BCUT2D eigenvalue weighted by Gasteiger charge is 2.45. The molecule has 1 aliphatic carbocycles. The Morgan fingerprint density at radius 1 is 1.38 bits per heavy atom. The van der Waals surface area contributed by atoms with Crippen LogP contribution in [0.3, 0.4) is 0 Å². The minimum atomic E-state index is -1.09. The number of rotatable bonds is 5. The molecule has 0 unspecified atom stereocenters. The molecule has 0 aliphatic heterocycles. The maximum atomic E-state index is 12.6. The Kier molecular flexibility index (Phi) is 4.71. The molecule has 0 radical (unpaired) electrons. The zero-order chi connectivity index (χ0) is 17.2. The van der Waals surface area contributed by atoms with E-state index in [4.69, 9.17) is 4.42 Å². The fourth-order valence-corrected chi connectivity index (χ4v) is 3.90. The molecule has 128 valence electrons. The molecule has 3 rings (SSSR count). The summed E-state index contributed by atoms with van der Waals surface area (Å²) in [6.07, 6.45) is 5.19. The number of carbonyl (C=O) groups is 2. The number of carbonyl (C=O) groups excluding carboxylic acids is 1. The third-order valence-corrected chi connectivity index (χ3v) is 5.57. The van der Waals surface area contributed by atoms with Gasteiger partial charge in [0.15, 0.2) is 0 Å². The minimum Gasteiger partial charge on any atom is -0.479 e. The van der Waals surface area contributed by atoms with Crippen molar-refractivity contribution >= 4 is 23.2 Å². The summed E-state index contributed by atoms with van der Waals surface area (Å²) in [5.74, 6) is -0.677. The van der Waals surface area contributed by atoms with E-state index in [1.165, 1.54) is 22.5 Å². The van der Waals surface area contributed by atoms with Crippen LogP contribution in [0.25, 0.3) is 10.8 Å². The monoisotopic (exact) mass is 348 g/mol. The van der Waals surface area contributed by atoms with Crippen molar-refractivity contribution in [1.29, 1.82) is 0 Å². The van der Waals surface area contributed by atoms with Crippen LogP contribution in [0.5, 0.6) is 0 Å². The van der Waals surface area contributed by atoms with Crippen LogP contribution in [0.4, 0.5) is 0 Å². The first-order valence-corrected chi connectivity index (χ1v) is 8.89. The lowest BCUT2D eigenvalue weighted by molar-refractivity contribution is -0.160. The predicted molar refractivity (Wildman–Crippen MR) is 89.7 cm³/mol. The maximum absolute atomic E-state index is 12.6. The van der Waals surface area contributed by atoms with Gasteiger partial charge in [-0.1, -0.05) is 25.3 Å². The van der Waals surface area contributed by atoms with E-state index in [2.05, 4.69) is 4.98 Å². The van der Waals surface area contributed by atoms with E-state index < -0.39 is 11.5 Å². The van der Waals surface area contributed by atoms with Crippen molar-refractivity contribution in [2.45, 2.75) is 44.1 Å². The fraction of sp³-hybridized carbons (Fsp3) is 0.471. The summed E-state index contributed by atoms with van der Waals surface area (Å²) in [4.78, 5) is 31.0. The van der Waals surface area contributed by atoms with Gasteiger partial charge in [0.2, 0.25) is 11.8 Å². The van der Waals surface area contributed by atoms with Crippen molar-refractivity contribution in [2.24, 2.45) is 0 Å². The lowest BCUT2D eigenvalue weighted by atomic mass is 9.80. The van der Waals surface area contributed by atoms with Crippen molar-refractivity contribution < 1.29 is 19.1 Å². The van der Waals surface area contributed by atoms with Crippen molar-refractivity contribution in [3.8, 4) is 10.8 Å². The second-order valence-electron chi connectivity index (χ2n) is 6.15. The number of likely N-dealkylation sites (N-methyl/N-ethyl adjacent to an activating group) is 1. The molecule has 1 saturated carbocycles. The van der Waals surface area contributed by atoms with Gasteiger partial charge in [-0.15, -0.1) is 11.3 Å². The van der Waals surface area contributed by atoms with Gasteiger partial charge in [0.05, 0.1) is 17.0 Å². The van der Waals surface area contributed by atoms with Gasteiger partial charge in [0.1, 0.15) is 11.8 Å². The largest absolute Gasteiger partial charge is 0.479 e. The standard InChI is InChI=1S/C17H20N2O4S/c1-19(17(16(21)22)7-3-2-4-8-17)14(20)10-12-11-23-15(18-12)13-6-5-9-24-13/h5-6,9,11H,2-4,7-8,10H2,1H3,(H,21,22). The van der Waals surface area contributed by atoms with E-state index in [9.17, 15) is 14.7 Å². The number of thiophene rings is 1. The van der Waals surface area contributed by atoms with E-state index >= 15 is 0 Å². The third-order valence-electron chi connectivity index (χ3n) is 4.71. The minimum absolute atomic E-state index is 0.0421. The number of hydrogen-bond donors (Lipinski definition) is 1. The van der Waals surface area contributed by atoms with Crippen LogP contribution < -0.4 is 0 Å². The highest BCUT2D eigenvalue weighted by Crippen LogP contribution is 2.34. The number of hydrogen-bond acceptors (Lipinski definition) is 5. The molecule has 1 fully saturated rings. The Hall–Kier alpha value is -2.15. The average molecular weight is 348 g/mol. The SMILES string of the molecule is CN(C(=O)Cc1coc(-c2cccs2)n1)C1(C(=O)O)CCCCC1. The van der Waals surface area contributed by atoms with E-state index in [1.54, 1.807) is 7.05 Å². The van der Waals surface area contributed by atoms with Gasteiger partial charge in [0, 0.05) is 7.05 Å². The predicted octanol–water partition coefficient (Wildman–Crippen LogP) is 3.19. The van der Waals surface area contributed by atoms with Crippen molar-refractivity contribution in [2.75, 3.05) is 7.05 Å². The maximum Gasteiger partial charge on any atom is 0.329 e. The number of nitrogens with zero attached hydrogens (tertiary/aromatic N) is 2. The quantitative estimate of drug-likeness (QED) is 0.897. The first-order valence-electron chi connectivity index (χ1n) is 8.01. The van der Waals surface area contributed by atoms with E-state index in [0.717, 1.165) is 24.1 Å². The molecule has 0 atom stereocenters. The molecule has 0 spiro atoms. The van der Waals surface area contributed by atoms with Crippen molar-refractivity contribution in [3.63, 3.8) is 0 Å². The number of carboxylic acids is 1. The topological polar surface area (TPSA) is 83.6 Å². The Balaban J connectivity index is 1.73. The molecule has 24 heavy (non-hydrogen) atoms. The Morgan fingerprint density at radius 2 is 2.12 bits per heavy atom. The van der Waals surface area contributed by atoms with E-state index in [0.29, 0.717) is 24.4 Å². The molecular formula is C17H20N2O4S. The van der Waals surface area contributed by atoms with Gasteiger partial charge in [-0.2, -0.15) is 0 Å². The third kappa shape index (κ3) is 3.08. The van der Waals surface area contributed by atoms with Gasteiger partial charge in [-0.05, 0) is 24.3 Å². The van der Waals surface area contributed by atoms with Crippen LogP contribution in [0.1, 0.15) is 37.8 Å². The molecule has 2 aromatic rings. The molecule has 1 aliphatic rings. The van der Waals surface area contributed by atoms with Gasteiger partial charge < -0.3 is 14.4 Å². The van der Waals surface area contributed by atoms with Gasteiger partial charge in [-0.25, -0.2) is 9.78 Å². The van der Waals surface area contributed by atoms with Crippen LogP contribution in [0, 0.1) is 0 Å². The van der Waals surface area contributed by atoms with Crippen LogP contribution in [0.15, 0.2) is 28.2 Å². The first-order chi connectivity index (χ1) is 11.5. The Morgan fingerprint density at radius 3 is 2.75 bits per heavy atom. The highest BCUT2D eigenvalue weighted by atomic mass is 32.1. The van der Waals surface area contributed by atoms with Gasteiger partial charge >= 0.3 is 5.97 Å². The summed E-state index contributed by atoms with van der Waals surface area (Å²) in [6.45, 7) is 0. The van der Waals surface area contributed by atoms with Crippen molar-refractivity contribution in [1.82, 2.24) is 9.88 Å². The lowest BCUT2D eigenvalue weighted by Crippen LogP contribution is -2.56. The molecule has 6 nitrogen and oxygen atoms in total. The van der Waals surface area contributed by atoms with Crippen LogP contribution >= 0.6 is 11.3 Å². The molecule has 2 aromatic heterocycles. The van der Waals surface area contributed by atoms with Gasteiger partial charge in [-0.3, -0.25) is 4.79 Å². The lowest BCUT2D eigenvalue weighted by Gasteiger charge is -2.41. The molecule has 0 saturated heterocycles. The summed E-state index contributed by atoms with van der Waals surface area (Å²) >= 11 is 1.51. The zero-order valence-electron chi connectivity index (χ0n) is 13.5. The van der Waals surface area contributed by atoms with Gasteiger partial charge in [0.25, 0.3) is 0 Å². The van der Waals surface area contributed by atoms with Crippen LogP contribution in [-0.4, -0.2) is 39.5 Å². The van der Waals surface area contributed by atoms with Crippen LogP contribution in [0.2, 0.25) is 0 Å². The number of carboxylic acid groups (broad SMARTS) is 1. The Bertz CT molecular complexity index is 717. The molecule has 0 bridgehead atoms. The zero-order valence-corrected chi connectivity index (χ0v) is 14.3. The number of amides is 1. The molecule has 7 heteroatoms. The molecule has 1 amide bonds. The normalized spacial score (nSPS) is 16.7. The second kappa shape index (κ2) is 6.76. The average Bonchev–Trinajstić information content (AvgIpc) is 3.25. The molecule has 1 N–H and O–H groups in total. The summed E-state index contributed by atoms with van der Waals surface area (Å²) < 4.78 is 5.42. The summed E-state index contributed by atoms with van der Waals surface area (Å²) in [7, 11) is 1.59. The van der Waals surface area contributed by atoms with E-state index in [-0.39, 0.29) is 12.3 Å². The summed E-state index contributed by atoms with van der Waals surface area (Å²) in [5.41, 5.74) is -0.568. The smallest absolute Gasteiger partial charge is 0.329 e. The highest BCUT2D eigenvalue weighted by molar-refractivity contribution is 7.13.